The second-order valence-electron chi connectivity index (χ2n) is 7.04. The Morgan fingerprint density at radius 3 is 2.22 bits per heavy atom. The van der Waals surface area contributed by atoms with Crippen molar-refractivity contribution in [3.8, 4) is 0 Å². The second kappa shape index (κ2) is 8.84. The van der Waals surface area contributed by atoms with Crippen LogP contribution in [0, 0.1) is 13.8 Å². The molecule has 3 aromatic carbocycles. The fraction of sp³-hybridized carbons (Fsp3) is 0.136. The zero-order valence-corrected chi connectivity index (χ0v) is 18.5. The van der Waals surface area contributed by atoms with Crippen molar-refractivity contribution in [1.82, 2.24) is 0 Å². The molecule has 2 N–H and O–H groups in total. The number of carbonyl (C=O) groups is 1. The summed E-state index contributed by atoms with van der Waals surface area (Å²) in [6, 6.07) is 13.5. The lowest BCUT2D eigenvalue weighted by atomic mass is 10.1. The van der Waals surface area contributed by atoms with Crippen LogP contribution >= 0.6 is 11.6 Å². The summed E-state index contributed by atoms with van der Waals surface area (Å²) >= 11 is 5.67. The molecule has 1 amide bonds. The smallest absolute Gasteiger partial charge is 0.321 e. The second-order valence-corrected chi connectivity index (χ2v) is 9.16. The van der Waals surface area contributed by atoms with E-state index in [-0.39, 0.29) is 26.7 Å². The van der Waals surface area contributed by atoms with Crippen LogP contribution in [0.15, 0.2) is 65.6 Å². The van der Waals surface area contributed by atoms with E-state index in [4.69, 9.17) is 11.6 Å². The topological polar surface area (TPSA) is 75.3 Å². The Morgan fingerprint density at radius 1 is 0.938 bits per heavy atom. The van der Waals surface area contributed by atoms with E-state index < -0.39 is 33.4 Å². The molecule has 0 unspecified atom stereocenters. The lowest BCUT2D eigenvalue weighted by molar-refractivity contribution is -0.136. The number of carbonyl (C=O) groups excluding carboxylic acids is 1. The third-order valence-electron chi connectivity index (χ3n) is 4.69. The quantitative estimate of drug-likeness (QED) is 0.466. The summed E-state index contributed by atoms with van der Waals surface area (Å²) in [6.07, 6.45) is -4.73. The maximum atomic E-state index is 13.3. The molecular formula is C22H18ClF3N2O3S. The first kappa shape index (κ1) is 23.6. The number of hydrogen-bond donors (Lipinski definition) is 2. The van der Waals surface area contributed by atoms with Crippen LogP contribution in [-0.4, -0.2) is 14.3 Å². The molecule has 5 nitrogen and oxygen atoms in total. The van der Waals surface area contributed by atoms with E-state index in [1.54, 1.807) is 12.1 Å². The standard InChI is InChI=1S/C22H18ClF3N2O3S/c1-13-6-9-16(10-7-13)32(30,31)28-19-5-3-4-17(14(19)2)21(29)27-20-11-8-15(23)12-18(20)22(24,25)26/h3-12,28H,1-2H3,(H,27,29). The highest BCUT2D eigenvalue weighted by atomic mass is 35.5. The highest BCUT2D eigenvalue weighted by Gasteiger charge is 2.34. The molecule has 0 saturated carbocycles. The third kappa shape index (κ3) is 5.23. The number of benzene rings is 3. The molecule has 0 atom stereocenters. The molecule has 0 fully saturated rings. The van der Waals surface area contributed by atoms with Gasteiger partial charge in [-0.05, 0) is 61.9 Å². The Kier molecular flexibility index (Phi) is 6.52. The summed E-state index contributed by atoms with van der Waals surface area (Å²) in [7, 11) is -3.93. The van der Waals surface area contributed by atoms with Gasteiger partial charge < -0.3 is 5.32 Å². The summed E-state index contributed by atoms with van der Waals surface area (Å²) in [5.41, 5.74) is -0.269. The molecule has 3 aromatic rings. The Morgan fingerprint density at radius 2 is 1.59 bits per heavy atom. The van der Waals surface area contributed by atoms with Crippen LogP contribution in [0.1, 0.15) is 27.0 Å². The zero-order chi connectivity index (χ0) is 23.7. The Balaban J connectivity index is 1.91. The Bertz CT molecular complexity index is 1270. The summed E-state index contributed by atoms with van der Waals surface area (Å²) in [6.45, 7) is 3.31. The largest absolute Gasteiger partial charge is 0.418 e. The fourth-order valence-corrected chi connectivity index (χ4v) is 4.26. The number of amides is 1. The lowest BCUT2D eigenvalue weighted by Crippen LogP contribution is -2.19. The van der Waals surface area contributed by atoms with Gasteiger partial charge in [-0.1, -0.05) is 35.4 Å². The maximum absolute atomic E-state index is 13.3. The molecule has 3 rings (SSSR count). The molecule has 0 spiro atoms. The number of hydrogen-bond acceptors (Lipinski definition) is 3. The van der Waals surface area contributed by atoms with Crippen LogP contribution in [-0.2, 0) is 16.2 Å². The molecule has 0 bridgehead atoms. The molecule has 10 heteroatoms. The normalized spacial score (nSPS) is 11.8. The van der Waals surface area contributed by atoms with Gasteiger partial charge in [-0.2, -0.15) is 13.2 Å². The minimum atomic E-state index is -4.73. The summed E-state index contributed by atoms with van der Waals surface area (Å²) in [4.78, 5) is 12.8. The number of rotatable bonds is 5. The van der Waals surface area contributed by atoms with Crippen molar-refractivity contribution in [3.63, 3.8) is 0 Å². The molecular weight excluding hydrogens is 465 g/mol. The molecule has 32 heavy (non-hydrogen) atoms. The molecule has 0 radical (unpaired) electrons. The van der Waals surface area contributed by atoms with Crippen molar-refractivity contribution in [1.29, 1.82) is 0 Å². The molecule has 0 heterocycles. The van der Waals surface area contributed by atoms with Gasteiger partial charge in [0, 0.05) is 10.6 Å². The summed E-state index contributed by atoms with van der Waals surface area (Å²) in [5, 5.41) is 2.11. The highest BCUT2D eigenvalue weighted by molar-refractivity contribution is 7.92. The van der Waals surface area contributed by atoms with E-state index in [0.717, 1.165) is 17.7 Å². The predicted octanol–water partition coefficient (Wildman–Crippen LogP) is 6.03. The van der Waals surface area contributed by atoms with E-state index >= 15 is 0 Å². The predicted molar refractivity (Wildman–Crippen MR) is 118 cm³/mol. The first-order valence-corrected chi connectivity index (χ1v) is 11.1. The van der Waals surface area contributed by atoms with Crippen LogP contribution in [0.3, 0.4) is 0 Å². The SMILES string of the molecule is Cc1ccc(S(=O)(=O)Nc2cccc(C(=O)Nc3ccc(Cl)cc3C(F)(F)F)c2C)cc1. The summed E-state index contributed by atoms with van der Waals surface area (Å²) in [5.74, 6) is -0.827. The highest BCUT2D eigenvalue weighted by Crippen LogP contribution is 2.37. The molecule has 0 aliphatic rings. The van der Waals surface area contributed by atoms with Gasteiger partial charge in [-0.3, -0.25) is 9.52 Å². The van der Waals surface area contributed by atoms with E-state index in [2.05, 4.69) is 10.0 Å². The minimum absolute atomic E-state index is 0.0113. The van der Waals surface area contributed by atoms with Crippen LogP contribution in [0.4, 0.5) is 24.5 Å². The Hall–Kier alpha value is -3.04. The maximum Gasteiger partial charge on any atom is 0.418 e. The molecule has 0 aromatic heterocycles. The lowest BCUT2D eigenvalue weighted by Gasteiger charge is -2.16. The number of sulfonamides is 1. The van der Waals surface area contributed by atoms with Crippen molar-refractivity contribution in [2.24, 2.45) is 0 Å². The molecule has 0 aliphatic heterocycles. The monoisotopic (exact) mass is 482 g/mol. The van der Waals surface area contributed by atoms with Crippen molar-refractivity contribution in [3.05, 3.63) is 87.9 Å². The van der Waals surface area contributed by atoms with Crippen LogP contribution in [0.25, 0.3) is 0 Å². The van der Waals surface area contributed by atoms with Crippen molar-refractivity contribution < 1.29 is 26.4 Å². The van der Waals surface area contributed by atoms with Gasteiger partial charge in [0.15, 0.2) is 0 Å². The van der Waals surface area contributed by atoms with Gasteiger partial charge >= 0.3 is 6.18 Å². The zero-order valence-electron chi connectivity index (χ0n) is 16.9. The van der Waals surface area contributed by atoms with Gasteiger partial charge in [-0.25, -0.2) is 8.42 Å². The number of nitrogens with one attached hydrogen (secondary N) is 2. The van der Waals surface area contributed by atoms with Crippen LogP contribution < -0.4 is 10.0 Å². The van der Waals surface area contributed by atoms with Crippen molar-refractivity contribution in [2.75, 3.05) is 10.0 Å². The van der Waals surface area contributed by atoms with Gasteiger partial charge in [0.1, 0.15) is 0 Å². The third-order valence-corrected chi connectivity index (χ3v) is 6.31. The van der Waals surface area contributed by atoms with E-state index in [0.29, 0.717) is 0 Å². The fourth-order valence-electron chi connectivity index (χ4n) is 2.96. The van der Waals surface area contributed by atoms with Gasteiger partial charge in [0.25, 0.3) is 15.9 Å². The van der Waals surface area contributed by atoms with Gasteiger partial charge in [0.2, 0.25) is 0 Å². The first-order valence-electron chi connectivity index (χ1n) is 9.26. The van der Waals surface area contributed by atoms with Crippen molar-refractivity contribution >= 4 is 38.9 Å². The average molecular weight is 483 g/mol. The van der Waals surface area contributed by atoms with Crippen LogP contribution in [0.5, 0.6) is 0 Å². The minimum Gasteiger partial charge on any atom is -0.321 e. The number of alkyl halides is 3. The molecule has 168 valence electrons. The first-order chi connectivity index (χ1) is 14.9. The number of aryl methyl sites for hydroxylation is 1. The number of halogens is 4. The molecule has 0 saturated heterocycles. The van der Waals surface area contributed by atoms with Gasteiger partial charge in [0.05, 0.1) is 21.8 Å². The Labute approximate surface area is 188 Å². The number of anilines is 2. The summed E-state index contributed by atoms with van der Waals surface area (Å²) < 4.78 is 67.7. The van der Waals surface area contributed by atoms with Crippen LogP contribution in [0.2, 0.25) is 5.02 Å². The van der Waals surface area contributed by atoms with E-state index in [1.807, 2.05) is 6.92 Å². The average Bonchev–Trinajstić information content (AvgIpc) is 2.70. The van der Waals surface area contributed by atoms with E-state index in [1.165, 1.54) is 43.3 Å². The van der Waals surface area contributed by atoms with Crippen molar-refractivity contribution in [2.45, 2.75) is 24.9 Å². The van der Waals surface area contributed by atoms with E-state index in [9.17, 15) is 26.4 Å². The molecule has 0 aliphatic carbocycles. The van der Waals surface area contributed by atoms with Gasteiger partial charge in [-0.15, -0.1) is 0 Å².